The predicted molar refractivity (Wildman–Crippen MR) is 91.3 cm³/mol. The second-order valence-corrected chi connectivity index (χ2v) is 5.91. The van der Waals surface area contributed by atoms with Crippen LogP contribution in [0.4, 0.5) is 9.52 Å². The molecule has 1 N–H and O–H groups in total. The molecule has 0 aliphatic heterocycles. The fraction of sp³-hybridized carbons (Fsp3) is 0.176. The second-order valence-electron chi connectivity index (χ2n) is 4.88. The van der Waals surface area contributed by atoms with E-state index in [0.29, 0.717) is 17.5 Å². The van der Waals surface area contributed by atoms with Gasteiger partial charge in [-0.25, -0.2) is 9.37 Å². The molecule has 0 fully saturated rings. The third-order valence-electron chi connectivity index (χ3n) is 3.08. The summed E-state index contributed by atoms with van der Waals surface area (Å²) in [5.41, 5.74) is 0.782. The van der Waals surface area contributed by atoms with Crippen LogP contribution in [0.1, 0.15) is 6.92 Å². The molecule has 1 amide bonds. The number of rotatable bonds is 6. The monoisotopic (exact) mass is 346 g/mol. The third kappa shape index (κ3) is 3.99. The number of hydrogen-bond acceptors (Lipinski definition) is 5. The summed E-state index contributed by atoms with van der Waals surface area (Å²) in [6.45, 7) is 2.29. The van der Waals surface area contributed by atoms with Gasteiger partial charge in [0.2, 0.25) is 0 Å². The summed E-state index contributed by atoms with van der Waals surface area (Å²) in [5.74, 6) is 0.296. The van der Waals surface area contributed by atoms with Crippen LogP contribution in [-0.2, 0) is 4.79 Å². The zero-order chi connectivity index (χ0) is 16.9. The van der Waals surface area contributed by atoms with Crippen LogP contribution in [0.5, 0.6) is 11.5 Å². The molecule has 0 saturated carbocycles. The van der Waals surface area contributed by atoms with E-state index in [4.69, 9.17) is 9.47 Å². The van der Waals surface area contributed by atoms with Gasteiger partial charge in [-0.15, -0.1) is 0 Å². The number of aromatic nitrogens is 1. The molecule has 3 rings (SSSR count). The largest absolute Gasteiger partial charge is 0.494 e. The van der Waals surface area contributed by atoms with Crippen LogP contribution in [0.3, 0.4) is 0 Å². The van der Waals surface area contributed by atoms with E-state index >= 15 is 0 Å². The molecule has 3 aromatic rings. The van der Waals surface area contributed by atoms with Gasteiger partial charge in [0.1, 0.15) is 17.3 Å². The molecule has 0 atom stereocenters. The number of thiazole rings is 1. The Bertz CT molecular complexity index is 866. The Morgan fingerprint density at radius 1 is 1.21 bits per heavy atom. The minimum Gasteiger partial charge on any atom is -0.494 e. The average Bonchev–Trinajstić information content (AvgIpc) is 2.95. The lowest BCUT2D eigenvalue weighted by Gasteiger charge is -2.05. The number of benzene rings is 2. The van der Waals surface area contributed by atoms with Crippen molar-refractivity contribution in [1.29, 1.82) is 0 Å². The Kier molecular flexibility index (Phi) is 4.90. The highest BCUT2D eigenvalue weighted by Crippen LogP contribution is 2.29. The van der Waals surface area contributed by atoms with Crippen molar-refractivity contribution in [2.24, 2.45) is 0 Å². The van der Waals surface area contributed by atoms with Gasteiger partial charge in [0, 0.05) is 6.07 Å². The van der Waals surface area contributed by atoms with E-state index < -0.39 is 5.82 Å². The van der Waals surface area contributed by atoms with Crippen LogP contribution < -0.4 is 14.8 Å². The van der Waals surface area contributed by atoms with Crippen molar-refractivity contribution in [3.8, 4) is 11.5 Å². The van der Waals surface area contributed by atoms with Crippen LogP contribution in [0, 0.1) is 5.82 Å². The predicted octanol–water partition coefficient (Wildman–Crippen LogP) is 3.85. The van der Waals surface area contributed by atoms with Crippen molar-refractivity contribution in [2.45, 2.75) is 6.92 Å². The number of anilines is 1. The van der Waals surface area contributed by atoms with Crippen LogP contribution in [0.25, 0.3) is 10.2 Å². The second kappa shape index (κ2) is 7.27. The molecule has 1 aromatic heterocycles. The van der Waals surface area contributed by atoms with Crippen molar-refractivity contribution in [1.82, 2.24) is 4.98 Å². The molecule has 7 heteroatoms. The van der Waals surface area contributed by atoms with Crippen LogP contribution in [0.15, 0.2) is 42.5 Å². The number of amides is 1. The number of carbonyl (C=O) groups is 1. The lowest BCUT2D eigenvalue weighted by Crippen LogP contribution is -2.20. The first-order chi connectivity index (χ1) is 11.6. The fourth-order valence-electron chi connectivity index (χ4n) is 2.08. The van der Waals surface area contributed by atoms with E-state index in [1.165, 1.54) is 29.5 Å². The SMILES string of the molecule is CCOc1ccc2nc(NC(=O)COc3cccc(F)c3)sc2c1. The average molecular weight is 346 g/mol. The highest BCUT2D eigenvalue weighted by molar-refractivity contribution is 7.22. The number of ether oxygens (including phenoxy) is 2. The summed E-state index contributed by atoms with van der Waals surface area (Å²) in [5, 5.41) is 3.15. The van der Waals surface area contributed by atoms with E-state index in [1.807, 2.05) is 25.1 Å². The Hall–Kier alpha value is -2.67. The van der Waals surface area contributed by atoms with Gasteiger partial charge in [-0.2, -0.15) is 0 Å². The number of fused-ring (bicyclic) bond motifs is 1. The van der Waals surface area contributed by atoms with Crippen molar-refractivity contribution in [2.75, 3.05) is 18.5 Å². The lowest BCUT2D eigenvalue weighted by atomic mass is 10.3. The summed E-state index contributed by atoms with van der Waals surface area (Å²) in [6, 6.07) is 11.2. The lowest BCUT2D eigenvalue weighted by molar-refractivity contribution is -0.118. The number of nitrogens with one attached hydrogen (secondary N) is 1. The molecule has 124 valence electrons. The molecule has 1 heterocycles. The van der Waals surface area contributed by atoms with Crippen molar-refractivity contribution < 1.29 is 18.7 Å². The molecule has 0 unspecified atom stereocenters. The van der Waals surface area contributed by atoms with Gasteiger partial charge in [-0.3, -0.25) is 10.1 Å². The maximum Gasteiger partial charge on any atom is 0.264 e. The van der Waals surface area contributed by atoms with Gasteiger partial charge in [-0.05, 0) is 37.3 Å². The molecule has 24 heavy (non-hydrogen) atoms. The molecule has 0 saturated heterocycles. The smallest absolute Gasteiger partial charge is 0.264 e. The molecular formula is C17H15FN2O3S. The Balaban J connectivity index is 1.62. The molecule has 2 aromatic carbocycles. The van der Waals surface area contributed by atoms with Crippen LogP contribution in [0.2, 0.25) is 0 Å². The highest BCUT2D eigenvalue weighted by Gasteiger charge is 2.09. The summed E-state index contributed by atoms with van der Waals surface area (Å²) in [4.78, 5) is 16.3. The van der Waals surface area contributed by atoms with Crippen LogP contribution in [-0.4, -0.2) is 24.1 Å². The van der Waals surface area contributed by atoms with E-state index in [0.717, 1.165) is 16.0 Å². The van der Waals surface area contributed by atoms with Gasteiger partial charge in [0.25, 0.3) is 5.91 Å². The Morgan fingerprint density at radius 2 is 2.04 bits per heavy atom. The molecule has 0 bridgehead atoms. The minimum atomic E-state index is -0.413. The molecule has 0 aliphatic rings. The van der Waals surface area contributed by atoms with Crippen molar-refractivity contribution in [3.05, 3.63) is 48.3 Å². The normalized spacial score (nSPS) is 10.6. The first-order valence-electron chi connectivity index (χ1n) is 7.35. The Morgan fingerprint density at radius 3 is 2.83 bits per heavy atom. The van der Waals surface area contributed by atoms with Gasteiger partial charge < -0.3 is 9.47 Å². The summed E-state index contributed by atoms with van der Waals surface area (Å²) >= 11 is 1.35. The molecule has 0 radical (unpaired) electrons. The summed E-state index contributed by atoms with van der Waals surface area (Å²) in [7, 11) is 0. The molecule has 0 aliphatic carbocycles. The first-order valence-corrected chi connectivity index (χ1v) is 8.17. The molecule has 0 spiro atoms. The van der Waals surface area contributed by atoms with E-state index in [2.05, 4.69) is 10.3 Å². The maximum absolute atomic E-state index is 13.0. The van der Waals surface area contributed by atoms with Gasteiger partial charge >= 0.3 is 0 Å². The quantitative estimate of drug-likeness (QED) is 0.736. The van der Waals surface area contributed by atoms with E-state index in [-0.39, 0.29) is 12.5 Å². The van der Waals surface area contributed by atoms with E-state index in [1.54, 1.807) is 6.07 Å². The van der Waals surface area contributed by atoms with E-state index in [9.17, 15) is 9.18 Å². The fourth-order valence-corrected chi connectivity index (χ4v) is 2.99. The standard InChI is InChI=1S/C17H15FN2O3S/c1-2-22-13-6-7-14-15(9-13)24-17(19-14)20-16(21)10-23-12-5-3-4-11(18)8-12/h3-9H,2,10H2,1H3,(H,19,20,21). The summed E-state index contributed by atoms with van der Waals surface area (Å²) in [6.07, 6.45) is 0. The van der Waals surface area contributed by atoms with Gasteiger partial charge in [-0.1, -0.05) is 17.4 Å². The Labute approximate surface area is 142 Å². The zero-order valence-electron chi connectivity index (χ0n) is 12.9. The number of carbonyl (C=O) groups excluding carboxylic acids is 1. The number of hydrogen-bond donors (Lipinski definition) is 1. The molecular weight excluding hydrogens is 331 g/mol. The van der Waals surface area contributed by atoms with Crippen molar-refractivity contribution in [3.63, 3.8) is 0 Å². The third-order valence-corrected chi connectivity index (χ3v) is 4.02. The highest BCUT2D eigenvalue weighted by atomic mass is 32.1. The molecule has 5 nitrogen and oxygen atoms in total. The topological polar surface area (TPSA) is 60.5 Å². The first kappa shape index (κ1) is 16.2. The number of nitrogens with zero attached hydrogens (tertiary/aromatic N) is 1. The van der Waals surface area contributed by atoms with Gasteiger partial charge in [0.05, 0.1) is 16.8 Å². The van der Waals surface area contributed by atoms with Gasteiger partial charge in [0.15, 0.2) is 11.7 Å². The zero-order valence-corrected chi connectivity index (χ0v) is 13.7. The number of halogens is 1. The van der Waals surface area contributed by atoms with Crippen molar-refractivity contribution >= 4 is 32.6 Å². The summed E-state index contributed by atoms with van der Waals surface area (Å²) < 4.78 is 24.7. The van der Waals surface area contributed by atoms with Crippen LogP contribution >= 0.6 is 11.3 Å². The minimum absolute atomic E-state index is 0.219. The maximum atomic E-state index is 13.0.